The van der Waals surface area contributed by atoms with Gasteiger partial charge in [0.15, 0.2) is 0 Å². The summed E-state index contributed by atoms with van der Waals surface area (Å²) in [6, 6.07) is 0. The number of allylic oxidation sites excluding steroid dienone is 1. The van der Waals surface area contributed by atoms with Crippen LogP contribution in [0.5, 0.6) is 0 Å². The van der Waals surface area contributed by atoms with Gasteiger partial charge >= 0.3 is 0 Å². The Balaban J connectivity index is 3.85. The summed E-state index contributed by atoms with van der Waals surface area (Å²) in [6.45, 7) is 7.17. The maximum Gasteiger partial charge on any atom is 0.125 e. The van der Waals surface area contributed by atoms with Crippen LogP contribution in [0.4, 0.5) is 0 Å². The van der Waals surface area contributed by atoms with Gasteiger partial charge in [-0.05, 0) is 12.5 Å². The highest BCUT2D eigenvalue weighted by Gasteiger charge is 2.12. The van der Waals surface area contributed by atoms with E-state index in [1.807, 2.05) is 13.8 Å². The molecule has 0 atom stereocenters. The summed E-state index contributed by atoms with van der Waals surface area (Å²) in [4.78, 5) is 10.3. The minimum Gasteiger partial charge on any atom is -0.303 e. The van der Waals surface area contributed by atoms with Crippen LogP contribution in [0.3, 0.4) is 0 Å². The molecule has 0 fully saturated rings. The highest BCUT2D eigenvalue weighted by Crippen LogP contribution is 2.15. The van der Waals surface area contributed by atoms with Crippen LogP contribution in [-0.4, -0.2) is 6.29 Å². The van der Waals surface area contributed by atoms with Crippen LogP contribution in [0.2, 0.25) is 0 Å². The van der Waals surface area contributed by atoms with Crippen LogP contribution in [0.25, 0.3) is 0 Å². The molecular formula is C8H12O. The maximum absolute atomic E-state index is 10.3. The van der Waals surface area contributed by atoms with Gasteiger partial charge in [0.05, 0.1) is 0 Å². The summed E-state index contributed by atoms with van der Waals surface area (Å²) in [6.07, 6.45) is 3.44. The van der Waals surface area contributed by atoms with Crippen molar-refractivity contribution in [3.8, 4) is 0 Å². The van der Waals surface area contributed by atoms with Crippen LogP contribution in [0.15, 0.2) is 18.4 Å². The normalized spacial score (nSPS) is 10.0. The van der Waals surface area contributed by atoms with Gasteiger partial charge in [0.2, 0.25) is 0 Å². The van der Waals surface area contributed by atoms with E-state index in [1.165, 1.54) is 0 Å². The summed E-state index contributed by atoms with van der Waals surface area (Å²) in [5.74, 6) is 0. The lowest BCUT2D eigenvalue weighted by Crippen LogP contribution is -2.10. The fraction of sp³-hybridized carbons (Fsp3) is 0.500. The van der Waals surface area contributed by atoms with Gasteiger partial charge in [-0.1, -0.05) is 20.4 Å². The summed E-state index contributed by atoms with van der Waals surface area (Å²) in [5.41, 5.74) is 2.38. The highest BCUT2D eigenvalue weighted by molar-refractivity contribution is 5.58. The molecule has 0 saturated carbocycles. The van der Waals surface area contributed by atoms with Gasteiger partial charge in [-0.2, -0.15) is 0 Å². The van der Waals surface area contributed by atoms with E-state index < -0.39 is 0 Å². The molecule has 0 aliphatic heterocycles. The van der Waals surface area contributed by atoms with E-state index in [2.05, 4.69) is 12.3 Å². The Hall–Kier alpha value is -0.810. The molecule has 0 aromatic rings. The maximum atomic E-state index is 10.3. The van der Waals surface area contributed by atoms with Crippen molar-refractivity contribution < 1.29 is 4.79 Å². The molecule has 0 unspecified atom stereocenters. The number of hydrogen-bond acceptors (Lipinski definition) is 1. The first-order valence-electron chi connectivity index (χ1n) is 2.93. The molecule has 0 amide bonds. The number of rotatable bonds is 3. The smallest absolute Gasteiger partial charge is 0.125 e. The van der Waals surface area contributed by atoms with Crippen LogP contribution < -0.4 is 0 Å². The molecule has 0 bridgehead atoms. The molecule has 0 spiro atoms. The highest BCUT2D eigenvalue weighted by atomic mass is 16.1. The lowest BCUT2D eigenvalue weighted by atomic mass is 9.92. The van der Waals surface area contributed by atoms with Crippen LogP contribution in [-0.2, 0) is 4.79 Å². The van der Waals surface area contributed by atoms with Crippen molar-refractivity contribution in [3.05, 3.63) is 18.4 Å². The fourth-order valence-corrected chi connectivity index (χ4v) is 0.383. The van der Waals surface area contributed by atoms with Crippen molar-refractivity contribution in [2.24, 2.45) is 5.41 Å². The predicted molar refractivity (Wildman–Crippen MR) is 38.2 cm³/mol. The van der Waals surface area contributed by atoms with Crippen molar-refractivity contribution >= 4 is 6.29 Å². The summed E-state index contributed by atoms with van der Waals surface area (Å²) >= 11 is 0. The molecule has 0 aliphatic rings. The van der Waals surface area contributed by atoms with Crippen LogP contribution in [0.1, 0.15) is 20.3 Å². The number of hydrogen-bond donors (Lipinski definition) is 0. The largest absolute Gasteiger partial charge is 0.303 e. The van der Waals surface area contributed by atoms with Crippen molar-refractivity contribution in [2.75, 3.05) is 0 Å². The Morgan fingerprint density at radius 3 is 2.56 bits per heavy atom. The molecule has 0 N–H and O–H groups in total. The van der Waals surface area contributed by atoms with Gasteiger partial charge in [-0.25, -0.2) is 0 Å². The third kappa shape index (κ3) is 3.75. The van der Waals surface area contributed by atoms with E-state index in [4.69, 9.17) is 0 Å². The summed E-state index contributed by atoms with van der Waals surface area (Å²) < 4.78 is 0. The third-order valence-electron chi connectivity index (χ3n) is 1.09. The van der Waals surface area contributed by atoms with E-state index >= 15 is 0 Å². The van der Waals surface area contributed by atoms with Gasteiger partial charge in [-0.15, -0.1) is 5.73 Å². The monoisotopic (exact) mass is 124 g/mol. The molecule has 0 aliphatic carbocycles. The molecule has 9 heavy (non-hydrogen) atoms. The van der Waals surface area contributed by atoms with E-state index in [1.54, 1.807) is 6.08 Å². The number of aldehydes is 1. The summed E-state index contributed by atoms with van der Waals surface area (Å²) in [7, 11) is 0. The zero-order valence-corrected chi connectivity index (χ0v) is 5.98. The zero-order valence-electron chi connectivity index (χ0n) is 5.98. The molecule has 1 nitrogen and oxygen atoms in total. The minimum absolute atomic E-state index is 0.245. The molecule has 0 saturated heterocycles. The van der Waals surface area contributed by atoms with Crippen LogP contribution >= 0.6 is 0 Å². The first kappa shape index (κ1) is 8.19. The second kappa shape index (κ2) is 3.26. The van der Waals surface area contributed by atoms with Gasteiger partial charge in [0.25, 0.3) is 0 Å². The zero-order chi connectivity index (χ0) is 7.33. The molecule has 0 radical (unpaired) electrons. The molecule has 0 aromatic carbocycles. The van der Waals surface area contributed by atoms with E-state index in [-0.39, 0.29) is 5.41 Å². The lowest BCUT2D eigenvalue weighted by Gasteiger charge is -2.11. The van der Waals surface area contributed by atoms with Gasteiger partial charge in [-0.3, -0.25) is 0 Å². The fourth-order valence-electron chi connectivity index (χ4n) is 0.383. The molecule has 0 aromatic heterocycles. The average molecular weight is 124 g/mol. The molecule has 0 rings (SSSR count). The van der Waals surface area contributed by atoms with Gasteiger partial charge in [0.1, 0.15) is 6.29 Å². The molecule has 1 heteroatoms. The minimum atomic E-state index is -0.245. The topological polar surface area (TPSA) is 17.1 Å². The molecular weight excluding hydrogens is 112 g/mol. The Morgan fingerprint density at radius 1 is 1.67 bits per heavy atom. The Bertz CT molecular complexity index is 139. The average Bonchev–Trinajstić information content (AvgIpc) is 1.84. The lowest BCUT2D eigenvalue weighted by molar-refractivity contribution is -0.114. The second-order valence-electron chi connectivity index (χ2n) is 2.72. The van der Waals surface area contributed by atoms with E-state index in [0.717, 1.165) is 12.7 Å². The third-order valence-corrected chi connectivity index (χ3v) is 1.09. The number of carbonyl (C=O) groups excluding carboxylic acids is 1. The van der Waals surface area contributed by atoms with Crippen molar-refractivity contribution in [1.29, 1.82) is 0 Å². The first-order valence-corrected chi connectivity index (χ1v) is 2.93. The van der Waals surface area contributed by atoms with Crippen molar-refractivity contribution in [2.45, 2.75) is 20.3 Å². The first-order chi connectivity index (χ1) is 4.12. The Labute approximate surface area is 56.1 Å². The summed E-state index contributed by atoms with van der Waals surface area (Å²) in [5, 5.41) is 0. The number of carbonyl (C=O) groups is 1. The Kier molecular flexibility index (Phi) is 2.97. The SMILES string of the molecule is C=C=CCC(C)(C)C=O. The van der Waals surface area contributed by atoms with E-state index in [0.29, 0.717) is 0 Å². The van der Waals surface area contributed by atoms with Crippen molar-refractivity contribution in [1.82, 2.24) is 0 Å². The standard InChI is InChI=1S/C8H12O/c1-4-5-6-8(2,3)7-9/h5,7H,1,6H2,2-3H3. The van der Waals surface area contributed by atoms with Gasteiger partial charge < -0.3 is 4.79 Å². The van der Waals surface area contributed by atoms with Gasteiger partial charge in [0, 0.05) is 5.41 Å². The van der Waals surface area contributed by atoms with Crippen LogP contribution in [0, 0.1) is 5.41 Å². The van der Waals surface area contributed by atoms with E-state index in [9.17, 15) is 4.79 Å². The second-order valence-corrected chi connectivity index (χ2v) is 2.72. The quantitative estimate of drug-likeness (QED) is 0.415. The molecule has 50 valence electrons. The molecule has 0 heterocycles. The van der Waals surface area contributed by atoms with Crippen molar-refractivity contribution in [3.63, 3.8) is 0 Å². The predicted octanol–water partition coefficient (Wildman–Crippen LogP) is 1.94. The Morgan fingerprint density at radius 2 is 2.22 bits per heavy atom.